The Bertz CT molecular complexity index is 2930. The first-order chi connectivity index (χ1) is 26.3. The van der Waals surface area contributed by atoms with Gasteiger partial charge >= 0.3 is 0 Å². The summed E-state index contributed by atoms with van der Waals surface area (Å²) in [5.41, 5.74) is 11.2. The molecule has 10 aromatic rings. The third-order valence-corrected chi connectivity index (χ3v) is 9.98. The molecule has 248 valence electrons. The standard InChI is InChI=1S/C49H31N3O/c1-3-14-32(15-4-1)37-19-9-10-22-43(37)49-51-47(35-17-5-2-6-18-35)50-48(52-49)36-28-26-34(27-29-36)45-38-20-8-7-16-33(38)30-31-40(45)42-24-13-23-41-39-21-11-12-25-44(39)53-46(41)42/h1-31H. The van der Waals surface area contributed by atoms with Crippen molar-refractivity contribution in [1.82, 2.24) is 15.0 Å². The largest absolute Gasteiger partial charge is 0.455 e. The Balaban J connectivity index is 1.13. The van der Waals surface area contributed by atoms with Crippen molar-refractivity contribution in [1.29, 1.82) is 0 Å². The molecule has 0 radical (unpaired) electrons. The van der Waals surface area contributed by atoms with E-state index in [0.29, 0.717) is 17.5 Å². The van der Waals surface area contributed by atoms with E-state index in [2.05, 4.69) is 133 Å². The summed E-state index contributed by atoms with van der Waals surface area (Å²) in [6.07, 6.45) is 0. The van der Waals surface area contributed by atoms with Gasteiger partial charge in [0, 0.05) is 33.0 Å². The lowest BCUT2D eigenvalue weighted by molar-refractivity contribution is 0.670. The van der Waals surface area contributed by atoms with Gasteiger partial charge in [-0.2, -0.15) is 0 Å². The van der Waals surface area contributed by atoms with Crippen LogP contribution in [-0.2, 0) is 0 Å². The van der Waals surface area contributed by atoms with Crippen LogP contribution in [0.4, 0.5) is 0 Å². The Labute approximate surface area is 306 Å². The van der Waals surface area contributed by atoms with Gasteiger partial charge in [0.1, 0.15) is 11.2 Å². The van der Waals surface area contributed by atoms with E-state index < -0.39 is 0 Å². The van der Waals surface area contributed by atoms with E-state index in [9.17, 15) is 0 Å². The second-order valence-electron chi connectivity index (χ2n) is 13.2. The Morgan fingerprint density at radius 1 is 0.302 bits per heavy atom. The zero-order chi connectivity index (χ0) is 35.1. The molecule has 8 aromatic carbocycles. The van der Waals surface area contributed by atoms with Crippen molar-refractivity contribution in [2.75, 3.05) is 0 Å². The molecule has 4 nitrogen and oxygen atoms in total. The molecule has 0 aliphatic carbocycles. The topological polar surface area (TPSA) is 51.8 Å². The monoisotopic (exact) mass is 677 g/mol. The molecule has 0 N–H and O–H groups in total. The molecule has 0 aliphatic heterocycles. The highest BCUT2D eigenvalue weighted by atomic mass is 16.3. The molecule has 0 spiro atoms. The van der Waals surface area contributed by atoms with Crippen LogP contribution in [0.2, 0.25) is 0 Å². The van der Waals surface area contributed by atoms with Crippen molar-refractivity contribution in [2.45, 2.75) is 0 Å². The van der Waals surface area contributed by atoms with Crippen LogP contribution in [0.3, 0.4) is 0 Å². The SMILES string of the molecule is c1ccc(-c2nc(-c3ccc(-c4c(-c5cccc6c5oc5ccccc56)ccc5ccccc45)cc3)nc(-c3ccccc3-c3ccccc3)n2)cc1. The lowest BCUT2D eigenvalue weighted by atomic mass is 9.89. The lowest BCUT2D eigenvalue weighted by Gasteiger charge is -2.15. The van der Waals surface area contributed by atoms with Gasteiger partial charge in [-0.25, -0.2) is 15.0 Å². The van der Waals surface area contributed by atoms with Crippen molar-refractivity contribution in [3.05, 3.63) is 188 Å². The first-order valence-corrected chi connectivity index (χ1v) is 17.8. The van der Waals surface area contributed by atoms with Gasteiger partial charge in [-0.1, -0.05) is 182 Å². The first kappa shape index (κ1) is 30.6. The number of furan rings is 1. The van der Waals surface area contributed by atoms with Gasteiger partial charge in [0.2, 0.25) is 0 Å². The van der Waals surface area contributed by atoms with Crippen LogP contribution in [0.25, 0.3) is 100 Å². The molecule has 0 fully saturated rings. The minimum absolute atomic E-state index is 0.619. The number of nitrogens with zero attached hydrogens (tertiary/aromatic N) is 3. The Hall–Kier alpha value is -7.17. The van der Waals surface area contributed by atoms with Crippen LogP contribution < -0.4 is 0 Å². The van der Waals surface area contributed by atoms with E-state index in [1.807, 2.05) is 54.6 Å². The van der Waals surface area contributed by atoms with Gasteiger partial charge in [0.05, 0.1) is 0 Å². The number of hydrogen-bond donors (Lipinski definition) is 0. The van der Waals surface area contributed by atoms with Crippen LogP contribution in [0, 0.1) is 0 Å². The summed E-state index contributed by atoms with van der Waals surface area (Å²) in [5.74, 6) is 1.88. The summed E-state index contributed by atoms with van der Waals surface area (Å²) in [5, 5.41) is 4.59. The number of hydrogen-bond acceptors (Lipinski definition) is 4. The first-order valence-electron chi connectivity index (χ1n) is 17.8. The predicted octanol–water partition coefficient (Wildman–Crippen LogP) is 12.9. The van der Waals surface area contributed by atoms with E-state index >= 15 is 0 Å². The summed E-state index contributed by atoms with van der Waals surface area (Å²) in [6, 6.07) is 65.1. The minimum atomic E-state index is 0.619. The van der Waals surface area contributed by atoms with E-state index in [4.69, 9.17) is 19.4 Å². The highest BCUT2D eigenvalue weighted by molar-refractivity contribution is 6.13. The molecule has 2 aromatic heterocycles. The third-order valence-electron chi connectivity index (χ3n) is 9.98. The van der Waals surface area contributed by atoms with Gasteiger partial charge in [-0.05, 0) is 44.7 Å². The van der Waals surface area contributed by atoms with Gasteiger partial charge < -0.3 is 4.42 Å². The number of aromatic nitrogens is 3. The van der Waals surface area contributed by atoms with Crippen LogP contribution in [0.15, 0.2) is 192 Å². The molecule has 2 heterocycles. The molecule has 0 aliphatic rings. The molecule has 53 heavy (non-hydrogen) atoms. The number of rotatable bonds is 6. The van der Waals surface area contributed by atoms with Crippen molar-refractivity contribution in [2.24, 2.45) is 0 Å². The molecule has 0 bridgehead atoms. The third kappa shape index (κ3) is 5.45. The minimum Gasteiger partial charge on any atom is -0.455 e. The molecule has 0 amide bonds. The van der Waals surface area contributed by atoms with Gasteiger partial charge in [-0.15, -0.1) is 0 Å². The van der Waals surface area contributed by atoms with E-state index in [-0.39, 0.29) is 0 Å². The predicted molar refractivity (Wildman–Crippen MR) is 217 cm³/mol. The maximum absolute atomic E-state index is 6.53. The highest BCUT2D eigenvalue weighted by Gasteiger charge is 2.19. The molecular formula is C49H31N3O. The zero-order valence-electron chi connectivity index (χ0n) is 28.6. The zero-order valence-corrected chi connectivity index (χ0v) is 28.6. The van der Waals surface area contributed by atoms with Crippen LogP contribution in [0.5, 0.6) is 0 Å². The molecule has 0 saturated heterocycles. The maximum atomic E-state index is 6.53. The summed E-state index contributed by atoms with van der Waals surface area (Å²) in [4.78, 5) is 15.2. The lowest BCUT2D eigenvalue weighted by Crippen LogP contribution is -2.01. The van der Waals surface area contributed by atoms with E-state index in [0.717, 1.165) is 72.0 Å². The highest BCUT2D eigenvalue weighted by Crippen LogP contribution is 2.43. The van der Waals surface area contributed by atoms with Gasteiger partial charge in [0.15, 0.2) is 17.5 Å². The van der Waals surface area contributed by atoms with E-state index in [1.54, 1.807) is 0 Å². The maximum Gasteiger partial charge on any atom is 0.164 e. The Kier molecular flexibility index (Phi) is 7.43. The Morgan fingerprint density at radius 2 is 0.849 bits per heavy atom. The fourth-order valence-corrected chi connectivity index (χ4v) is 7.44. The van der Waals surface area contributed by atoms with Crippen LogP contribution in [0.1, 0.15) is 0 Å². The fraction of sp³-hybridized carbons (Fsp3) is 0. The number of fused-ring (bicyclic) bond motifs is 4. The molecular weight excluding hydrogens is 647 g/mol. The summed E-state index contributed by atoms with van der Waals surface area (Å²) in [6.45, 7) is 0. The molecule has 0 saturated carbocycles. The van der Waals surface area contributed by atoms with Crippen LogP contribution >= 0.6 is 0 Å². The van der Waals surface area contributed by atoms with E-state index in [1.165, 1.54) is 10.8 Å². The number of benzene rings is 8. The second-order valence-corrected chi connectivity index (χ2v) is 13.2. The average molecular weight is 678 g/mol. The molecule has 0 unspecified atom stereocenters. The van der Waals surface area contributed by atoms with Crippen molar-refractivity contribution in [3.8, 4) is 67.5 Å². The molecule has 10 rings (SSSR count). The van der Waals surface area contributed by atoms with Gasteiger partial charge in [0.25, 0.3) is 0 Å². The smallest absolute Gasteiger partial charge is 0.164 e. The number of para-hydroxylation sites is 2. The molecule has 0 atom stereocenters. The average Bonchev–Trinajstić information content (AvgIpc) is 3.63. The van der Waals surface area contributed by atoms with Crippen molar-refractivity contribution < 1.29 is 4.42 Å². The summed E-state index contributed by atoms with van der Waals surface area (Å²) < 4.78 is 6.53. The van der Waals surface area contributed by atoms with Crippen molar-refractivity contribution >= 4 is 32.7 Å². The van der Waals surface area contributed by atoms with Gasteiger partial charge in [-0.3, -0.25) is 0 Å². The summed E-state index contributed by atoms with van der Waals surface area (Å²) >= 11 is 0. The summed E-state index contributed by atoms with van der Waals surface area (Å²) in [7, 11) is 0. The quantitative estimate of drug-likeness (QED) is 0.176. The fourth-order valence-electron chi connectivity index (χ4n) is 7.44. The Morgan fingerprint density at radius 3 is 1.62 bits per heavy atom. The second kappa shape index (κ2) is 12.9. The van der Waals surface area contributed by atoms with Crippen molar-refractivity contribution in [3.63, 3.8) is 0 Å². The molecule has 4 heteroatoms. The normalized spacial score (nSPS) is 11.4. The van der Waals surface area contributed by atoms with Crippen LogP contribution in [-0.4, -0.2) is 15.0 Å².